The Bertz CT molecular complexity index is 407. The van der Waals surface area contributed by atoms with Crippen LogP contribution in [0.5, 0.6) is 0 Å². The van der Waals surface area contributed by atoms with E-state index in [0.29, 0.717) is 11.5 Å². The van der Waals surface area contributed by atoms with Gasteiger partial charge in [0.25, 0.3) is 0 Å². The van der Waals surface area contributed by atoms with Gasteiger partial charge in [0.05, 0.1) is 0 Å². The van der Waals surface area contributed by atoms with Crippen LogP contribution in [0.1, 0.15) is 43.2 Å². The highest BCUT2D eigenvalue weighted by Crippen LogP contribution is 2.48. The van der Waals surface area contributed by atoms with Gasteiger partial charge in [-0.25, -0.2) is 0 Å². The minimum absolute atomic E-state index is 0.303. The summed E-state index contributed by atoms with van der Waals surface area (Å²) in [4.78, 5) is 0. The van der Waals surface area contributed by atoms with E-state index >= 15 is 0 Å². The molecule has 1 fully saturated rings. The number of fused-ring (bicyclic) bond motifs is 2. The van der Waals surface area contributed by atoms with Crippen molar-refractivity contribution in [3.63, 3.8) is 0 Å². The maximum atomic E-state index is 6.42. The molecule has 0 heterocycles. The predicted octanol–water partition coefficient (Wildman–Crippen LogP) is 3.53. The summed E-state index contributed by atoms with van der Waals surface area (Å²) in [6, 6.07) is 7.14. The average Bonchev–Trinajstić information content (AvgIpc) is 2.75. The minimum atomic E-state index is 0.303. The summed E-state index contributed by atoms with van der Waals surface area (Å²) in [6.07, 6.45) is 7.59. The lowest BCUT2D eigenvalue weighted by atomic mass is 9.66. The monoisotopic (exact) mass is 279 g/mol. The van der Waals surface area contributed by atoms with Crippen LogP contribution >= 0.6 is 15.9 Å². The van der Waals surface area contributed by atoms with Crippen LogP contribution in [-0.4, -0.2) is 6.04 Å². The second kappa shape index (κ2) is 3.85. The van der Waals surface area contributed by atoms with Gasteiger partial charge in [-0.1, -0.05) is 34.8 Å². The zero-order chi connectivity index (χ0) is 11.2. The van der Waals surface area contributed by atoms with E-state index in [-0.39, 0.29) is 0 Å². The van der Waals surface area contributed by atoms with E-state index in [1.54, 1.807) is 0 Å². The lowest BCUT2D eigenvalue weighted by Gasteiger charge is -2.41. The molecule has 0 aliphatic heterocycles. The Hall–Kier alpha value is -0.340. The number of rotatable bonds is 0. The largest absolute Gasteiger partial charge is 0.327 e. The SMILES string of the molecule is NC1CCc2ccc(Br)cc2C12CCCC2. The van der Waals surface area contributed by atoms with E-state index in [9.17, 15) is 0 Å². The number of hydrogen-bond acceptors (Lipinski definition) is 1. The summed E-state index contributed by atoms with van der Waals surface area (Å²) in [7, 11) is 0. The number of hydrogen-bond donors (Lipinski definition) is 1. The zero-order valence-electron chi connectivity index (χ0n) is 9.51. The van der Waals surface area contributed by atoms with Crippen molar-refractivity contribution in [1.29, 1.82) is 0 Å². The first-order valence-electron chi connectivity index (χ1n) is 6.27. The van der Waals surface area contributed by atoms with E-state index in [2.05, 4.69) is 34.1 Å². The lowest BCUT2D eigenvalue weighted by molar-refractivity contribution is 0.313. The van der Waals surface area contributed by atoms with Crippen molar-refractivity contribution in [2.24, 2.45) is 5.73 Å². The first kappa shape index (κ1) is 10.8. The van der Waals surface area contributed by atoms with Crippen molar-refractivity contribution in [2.45, 2.75) is 50.0 Å². The lowest BCUT2D eigenvalue weighted by Crippen LogP contribution is -2.47. The highest BCUT2D eigenvalue weighted by molar-refractivity contribution is 9.10. The zero-order valence-corrected chi connectivity index (χ0v) is 11.1. The van der Waals surface area contributed by atoms with Gasteiger partial charge in [0.2, 0.25) is 0 Å². The number of nitrogens with two attached hydrogens (primary N) is 1. The standard InChI is InChI=1S/C14H18BrN/c15-11-5-3-10-4-6-13(16)14(12(10)9-11)7-1-2-8-14/h3,5,9,13H,1-2,4,6-8,16H2. The molecule has 0 bridgehead atoms. The Morgan fingerprint density at radius 1 is 1.25 bits per heavy atom. The predicted molar refractivity (Wildman–Crippen MR) is 70.6 cm³/mol. The molecule has 2 N–H and O–H groups in total. The smallest absolute Gasteiger partial charge is 0.0178 e. The number of benzene rings is 1. The van der Waals surface area contributed by atoms with Crippen LogP contribution in [0.25, 0.3) is 0 Å². The highest BCUT2D eigenvalue weighted by atomic mass is 79.9. The third-order valence-corrected chi connectivity index (χ3v) is 5.03. The van der Waals surface area contributed by atoms with E-state index in [4.69, 9.17) is 5.73 Å². The van der Waals surface area contributed by atoms with Crippen LogP contribution in [0.4, 0.5) is 0 Å². The Kier molecular flexibility index (Phi) is 2.60. The first-order valence-corrected chi connectivity index (χ1v) is 7.06. The average molecular weight is 280 g/mol. The third kappa shape index (κ3) is 1.46. The van der Waals surface area contributed by atoms with Crippen LogP contribution in [0.3, 0.4) is 0 Å². The molecule has 1 aromatic rings. The van der Waals surface area contributed by atoms with Gasteiger partial charge < -0.3 is 5.73 Å². The Morgan fingerprint density at radius 2 is 2.00 bits per heavy atom. The summed E-state index contributed by atoms with van der Waals surface area (Å²) in [5, 5.41) is 0. The molecular weight excluding hydrogens is 262 g/mol. The second-order valence-corrected chi connectivity index (χ2v) is 6.23. The molecule has 1 atom stereocenters. The van der Waals surface area contributed by atoms with Crippen molar-refractivity contribution >= 4 is 15.9 Å². The van der Waals surface area contributed by atoms with Crippen molar-refractivity contribution < 1.29 is 0 Å². The Morgan fingerprint density at radius 3 is 2.75 bits per heavy atom. The second-order valence-electron chi connectivity index (χ2n) is 5.31. The summed E-state index contributed by atoms with van der Waals surface area (Å²) in [5.41, 5.74) is 9.80. The topological polar surface area (TPSA) is 26.0 Å². The maximum absolute atomic E-state index is 6.42. The van der Waals surface area contributed by atoms with Crippen LogP contribution < -0.4 is 5.73 Å². The molecule has 2 aliphatic rings. The fraction of sp³-hybridized carbons (Fsp3) is 0.571. The highest BCUT2D eigenvalue weighted by Gasteiger charge is 2.44. The molecule has 1 aromatic carbocycles. The van der Waals surface area contributed by atoms with Crippen molar-refractivity contribution in [3.05, 3.63) is 33.8 Å². The quantitative estimate of drug-likeness (QED) is 0.773. The van der Waals surface area contributed by atoms with Gasteiger partial charge in [-0.3, -0.25) is 0 Å². The minimum Gasteiger partial charge on any atom is -0.327 e. The molecule has 1 saturated carbocycles. The molecule has 2 heteroatoms. The Labute approximate surface area is 106 Å². The van der Waals surface area contributed by atoms with Crippen molar-refractivity contribution in [2.75, 3.05) is 0 Å². The van der Waals surface area contributed by atoms with Crippen LogP contribution in [0, 0.1) is 0 Å². The summed E-state index contributed by atoms with van der Waals surface area (Å²) >= 11 is 3.60. The molecule has 2 aliphatic carbocycles. The molecule has 0 aromatic heterocycles. The van der Waals surface area contributed by atoms with E-state index in [1.807, 2.05) is 0 Å². The summed E-state index contributed by atoms with van der Waals surface area (Å²) < 4.78 is 1.20. The first-order chi connectivity index (χ1) is 7.72. The van der Waals surface area contributed by atoms with E-state index < -0.39 is 0 Å². The fourth-order valence-electron chi connectivity index (χ4n) is 3.66. The van der Waals surface area contributed by atoms with Gasteiger partial charge in [-0.05, 0) is 48.9 Å². The molecule has 1 spiro atoms. The van der Waals surface area contributed by atoms with Gasteiger partial charge in [-0.2, -0.15) is 0 Å². The number of halogens is 1. The van der Waals surface area contributed by atoms with Crippen LogP contribution in [-0.2, 0) is 11.8 Å². The molecular formula is C14H18BrN. The third-order valence-electron chi connectivity index (χ3n) is 4.54. The molecule has 16 heavy (non-hydrogen) atoms. The maximum Gasteiger partial charge on any atom is 0.0178 e. The van der Waals surface area contributed by atoms with Gasteiger partial charge >= 0.3 is 0 Å². The normalized spacial score (nSPS) is 27.0. The van der Waals surface area contributed by atoms with Gasteiger partial charge in [0.1, 0.15) is 0 Å². The molecule has 86 valence electrons. The summed E-state index contributed by atoms with van der Waals surface area (Å²) in [5.74, 6) is 0. The van der Waals surface area contributed by atoms with Crippen LogP contribution in [0.2, 0.25) is 0 Å². The van der Waals surface area contributed by atoms with E-state index in [1.165, 1.54) is 41.3 Å². The molecule has 1 nitrogen and oxygen atoms in total. The molecule has 0 saturated heterocycles. The van der Waals surface area contributed by atoms with E-state index in [0.717, 1.165) is 12.8 Å². The fourth-order valence-corrected chi connectivity index (χ4v) is 4.02. The van der Waals surface area contributed by atoms with Gasteiger partial charge in [0, 0.05) is 15.9 Å². The molecule has 3 rings (SSSR count). The molecule has 1 unspecified atom stereocenters. The van der Waals surface area contributed by atoms with Crippen molar-refractivity contribution in [1.82, 2.24) is 0 Å². The Balaban J connectivity index is 2.15. The summed E-state index contributed by atoms with van der Waals surface area (Å²) in [6.45, 7) is 0. The van der Waals surface area contributed by atoms with Gasteiger partial charge in [-0.15, -0.1) is 0 Å². The van der Waals surface area contributed by atoms with Gasteiger partial charge in [0.15, 0.2) is 0 Å². The molecule has 0 amide bonds. The van der Waals surface area contributed by atoms with Crippen molar-refractivity contribution in [3.8, 4) is 0 Å². The van der Waals surface area contributed by atoms with Crippen LogP contribution in [0.15, 0.2) is 22.7 Å². The molecule has 0 radical (unpaired) electrons. The number of aryl methyl sites for hydroxylation is 1.